The number of amides is 1. The molecule has 1 aromatic heterocycles. The topological polar surface area (TPSA) is 79.3 Å². The van der Waals surface area contributed by atoms with Crippen LogP contribution in [0.3, 0.4) is 0 Å². The molecular formula is C9H10N2O3. The molecule has 0 aliphatic heterocycles. The fourth-order valence-electron chi connectivity index (χ4n) is 1.08. The van der Waals surface area contributed by atoms with Crippen LogP contribution < -0.4 is 5.32 Å². The highest BCUT2D eigenvalue weighted by Crippen LogP contribution is 2.08. The Morgan fingerprint density at radius 2 is 2.00 bits per heavy atom. The minimum Gasteiger partial charge on any atom is -0.474 e. The Labute approximate surface area is 80.8 Å². The minimum absolute atomic E-state index is 0.259. The standard InChI is InChI=1S/C9H10N2O3/c1-5-3-6(2)10-7(4-5)11-8(12)9(13)14/h3-4H,1-2H3,(H,13,14)(H,10,11,12). The summed E-state index contributed by atoms with van der Waals surface area (Å²) in [6.45, 7) is 3.61. The van der Waals surface area contributed by atoms with Crippen molar-refractivity contribution < 1.29 is 14.7 Å². The molecule has 5 heteroatoms. The number of nitrogens with one attached hydrogen (secondary N) is 1. The summed E-state index contributed by atoms with van der Waals surface area (Å²) in [7, 11) is 0. The lowest BCUT2D eigenvalue weighted by atomic mass is 10.2. The molecule has 0 bridgehead atoms. The van der Waals surface area contributed by atoms with E-state index < -0.39 is 11.9 Å². The molecule has 0 unspecified atom stereocenters. The van der Waals surface area contributed by atoms with Gasteiger partial charge in [0.25, 0.3) is 0 Å². The molecule has 0 aliphatic rings. The maximum Gasteiger partial charge on any atom is 0.394 e. The van der Waals surface area contributed by atoms with E-state index in [0.29, 0.717) is 0 Å². The SMILES string of the molecule is Cc1cc(C)nc(NC(=O)C(=O)O)c1. The first-order chi connectivity index (χ1) is 6.49. The van der Waals surface area contributed by atoms with Gasteiger partial charge in [0.1, 0.15) is 5.82 Å². The van der Waals surface area contributed by atoms with Crippen molar-refractivity contribution in [2.24, 2.45) is 0 Å². The van der Waals surface area contributed by atoms with Crippen molar-refractivity contribution >= 4 is 17.7 Å². The van der Waals surface area contributed by atoms with Crippen LogP contribution >= 0.6 is 0 Å². The van der Waals surface area contributed by atoms with Crippen molar-refractivity contribution in [2.75, 3.05) is 5.32 Å². The van der Waals surface area contributed by atoms with Gasteiger partial charge in [-0.1, -0.05) is 0 Å². The van der Waals surface area contributed by atoms with Crippen LogP contribution in [0.5, 0.6) is 0 Å². The summed E-state index contributed by atoms with van der Waals surface area (Å²) in [6.07, 6.45) is 0. The number of anilines is 1. The molecule has 0 saturated carbocycles. The van der Waals surface area contributed by atoms with Crippen LogP contribution in [0.4, 0.5) is 5.82 Å². The molecule has 2 N–H and O–H groups in total. The molecular weight excluding hydrogens is 184 g/mol. The summed E-state index contributed by atoms with van der Waals surface area (Å²) in [6, 6.07) is 3.43. The number of rotatable bonds is 1. The number of hydrogen-bond acceptors (Lipinski definition) is 3. The number of carbonyl (C=O) groups is 2. The molecule has 0 spiro atoms. The monoisotopic (exact) mass is 194 g/mol. The number of pyridine rings is 1. The third-order valence-electron chi connectivity index (χ3n) is 1.53. The lowest BCUT2D eigenvalue weighted by molar-refractivity contribution is -0.147. The van der Waals surface area contributed by atoms with E-state index in [2.05, 4.69) is 10.3 Å². The van der Waals surface area contributed by atoms with Crippen molar-refractivity contribution in [3.05, 3.63) is 23.4 Å². The highest BCUT2D eigenvalue weighted by molar-refractivity contribution is 6.36. The number of nitrogens with zero attached hydrogens (tertiary/aromatic N) is 1. The molecule has 1 aromatic rings. The van der Waals surface area contributed by atoms with Gasteiger partial charge in [-0.2, -0.15) is 0 Å². The second-order valence-corrected chi connectivity index (χ2v) is 2.93. The highest BCUT2D eigenvalue weighted by atomic mass is 16.4. The van der Waals surface area contributed by atoms with Crippen LogP contribution in [0.15, 0.2) is 12.1 Å². The lowest BCUT2D eigenvalue weighted by Gasteiger charge is -2.03. The van der Waals surface area contributed by atoms with E-state index in [9.17, 15) is 9.59 Å². The Kier molecular flexibility index (Phi) is 2.81. The Morgan fingerprint density at radius 3 is 2.50 bits per heavy atom. The number of aryl methyl sites for hydroxylation is 2. The van der Waals surface area contributed by atoms with Crippen LogP contribution in [0.2, 0.25) is 0 Å². The second kappa shape index (κ2) is 3.87. The zero-order valence-corrected chi connectivity index (χ0v) is 7.87. The van der Waals surface area contributed by atoms with Gasteiger partial charge in [-0.25, -0.2) is 9.78 Å². The van der Waals surface area contributed by atoms with Gasteiger partial charge in [-0.05, 0) is 31.5 Å². The zero-order chi connectivity index (χ0) is 10.7. The van der Waals surface area contributed by atoms with Crippen LogP contribution in [0.25, 0.3) is 0 Å². The van der Waals surface area contributed by atoms with Crippen molar-refractivity contribution in [1.82, 2.24) is 4.98 Å². The molecule has 0 aromatic carbocycles. The molecule has 14 heavy (non-hydrogen) atoms. The fraction of sp³-hybridized carbons (Fsp3) is 0.222. The number of carboxylic acids is 1. The Hall–Kier alpha value is -1.91. The summed E-state index contributed by atoms with van der Waals surface area (Å²) >= 11 is 0. The average molecular weight is 194 g/mol. The van der Waals surface area contributed by atoms with Gasteiger partial charge in [-0.15, -0.1) is 0 Å². The molecule has 0 saturated heterocycles. The first-order valence-electron chi connectivity index (χ1n) is 3.98. The smallest absolute Gasteiger partial charge is 0.394 e. The van der Waals surface area contributed by atoms with Crippen LogP contribution in [0, 0.1) is 13.8 Å². The van der Waals surface area contributed by atoms with Crippen molar-refractivity contribution in [1.29, 1.82) is 0 Å². The maximum absolute atomic E-state index is 10.8. The summed E-state index contributed by atoms with van der Waals surface area (Å²) in [4.78, 5) is 25.0. The number of carbonyl (C=O) groups excluding carboxylic acids is 1. The fourth-order valence-corrected chi connectivity index (χ4v) is 1.08. The molecule has 1 amide bonds. The largest absolute Gasteiger partial charge is 0.474 e. The average Bonchev–Trinajstić information content (AvgIpc) is 2.01. The minimum atomic E-state index is -1.52. The van der Waals surface area contributed by atoms with E-state index in [0.717, 1.165) is 11.3 Å². The lowest BCUT2D eigenvalue weighted by Crippen LogP contribution is -2.22. The summed E-state index contributed by atoms with van der Waals surface area (Å²) in [5.41, 5.74) is 1.64. The van der Waals surface area contributed by atoms with E-state index in [1.54, 1.807) is 13.0 Å². The first kappa shape index (κ1) is 10.2. The van der Waals surface area contributed by atoms with E-state index in [1.165, 1.54) is 0 Å². The number of aromatic nitrogens is 1. The normalized spacial score (nSPS) is 9.57. The molecule has 0 atom stereocenters. The second-order valence-electron chi connectivity index (χ2n) is 2.93. The van der Waals surface area contributed by atoms with Gasteiger partial charge in [0.15, 0.2) is 0 Å². The Balaban J connectivity index is 2.87. The molecule has 1 rings (SSSR count). The molecule has 5 nitrogen and oxygen atoms in total. The van der Waals surface area contributed by atoms with Crippen molar-refractivity contribution in [3.63, 3.8) is 0 Å². The molecule has 1 heterocycles. The van der Waals surface area contributed by atoms with E-state index in [-0.39, 0.29) is 5.82 Å². The predicted molar refractivity (Wildman–Crippen MR) is 50.0 cm³/mol. The molecule has 0 aliphatic carbocycles. The molecule has 0 radical (unpaired) electrons. The summed E-state index contributed by atoms with van der Waals surface area (Å²) in [5, 5.41) is 10.5. The summed E-state index contributed by atoms with van der Waals surface area (Å²) < 4.78 is 0. The van der Waals surface area contributed by atoms with E-state index in [1.807, 2.05) is 13.0 Å². The van der Waals surface area contributed by atoms with Gasteiger partial charge >= 0.3 is 11.9 Å². The Morgan fingerprint density at radius 1 is 1.36 bits per heavy atom. The van der Waals surface area contributed by atoms with Gasteiger partial charge in [0.2, 0.25) is 0 Å². The van der Waals surface area contributed by atoms with Gasteiger partial charge in [-0.3, -0.25) is 4.79 Å². The first-order valence-corrected chi connectivity index (χ1v) is 3.98. The van der Waals surface area contributed by atoms with Crippen LogP contribution in [0.1, 0.15) is 11.3 Å². The maximum atomic E-state index is 10.8. The van der Waals surface area contributed by atoms with Gasteiger partial charge in [0, 0.05) is 5.69 Å². The quantitative estimate of drug-likeness (QED) is 0.645. The van der Waals surface area contributed by atoms with Gasteiger partial charge < -0.3 is 10.4 Å². The highest BCUT2D eigenvalue weighted by Gasteiger charge is 2.11. The van der Waals surface area contributed by atoms with Crippen molar-refractivity contribution in [2.45, 2.75) is 13.8 Å². The van der Waals surface area contributed by atoms with E-state index in [4.69, 9.17) is 5.11 Å². The number of hydrogen-bond donors (Lipinski definition) is 2. The van der Waals surface area contributed by atoms with Crippen LogP contribution in [-0.4, -0.2) is 22.0 Å². The number of aliphatic carboxylic acids is 1. The molecule has 0 fully saturated rings. The summed E-state index contributed by atoms with van der Waals surface area (Å²) in [5.74, 6) is -2.34. The third kappa shape index (κ3) is 2.55. The Bertz CT molecular complexity index is 367. The van der Waals surface area contributed by atoms with Crippen molar-refractivity contribution in [3.8, 4) is 0 Å². The zero-order valence-electron chi connectivity index (χ0n) is 7.87. The van der Waals surface area contributed by atoms with E-state index >= 15 is 0 Å². The number of carboxylic acid groups (broad SMARTS) is 1. The third-order valence-corrected chi connectivity index (χ3v) is 1.53. The molecule has 74 valence electrons. The van der Waals surface area contributed by atoms with Crippen LogP contribution in [-0.2, 0) is 9.59 Å². The predicted octanol–water partition coefficient (Wildman–Crippen LogP) is 0.722. The van der Waals surface area contributed by atoms with Gasteiger partial charge in [0.05, 0.1) is 0 Å².